The van der Waals surface area contributed by atoms with Gasteiger partial charge in [-0.25, -0.2) is 4.98 Å². The molecular weight excluding hydrogens is 324 g/mol. The molecule has 0 radical (unpaired) electrons. The number of hydrogen-bond donors (Lipinski definition) is 0. The van der Waals surface area contributed by atoms with Gasteiger partial charge in [-0.1, -0.05) is 24.3 Å². The van der Waals surface area contributed by atoms with Crippen molar-refractivity contribution < 1.29 is 4.42 Å². The number of hydrogen-bond acceptors (Lipinski definition) is 5. The summed E-state index contributed by atoms with van der Waals surface area (Å²) in [6, 6.07) is 16.2. The Labute approximate surface area is 154 Å². The van der Waals surface area contributed by atoms with Crippen molar-refractivity contribution in [1.29, 1.82) is 0 Å². The first-order chi connectivity index (χ1) is 12.8. The second-order valence-corrected chi connectivity index (χ2v) is 6.76. The molecular formula is C21H24N4O. The van der Waals surface area contributed by atoms with Gasteiger partial charge in [-0.2, -0.15) is 0 Å². The Morgan fingerprint density at radius 1 is 0.885 bits per heavy atom. The van der Waals surface area contributed by atoms with Crippen LogP contribution in [0.15, 0.2) is 59.1 Å². The van der Waals surface area contributed by atoms with Crippen molar-refractivity contribution in [3.8, 4) is 11.5 Å². The van der Waals surface area contributed by atoms with E-state index in [9.17, 15) is 0 Å². The number of benzene rings is 1. The van der Waals surface area contributed by atoms with Gasteiger partial charge in [0, 0.05) is 51.0 Å². The highest BCUT2D eigenvalue weighted by Gasteiger charge is 2.20. The van der Waals surface area contributed by atoms with E-state index in [1.807, 2.05) is 49.5 Å². The van der Waals surface area contributed by atoms with E-state index in [4.69, 9.17) is 9.40 Å². The van der Waals surface area contributed by atoms with Gasteiger partial charge in [0.15, 0.2) is 0 Å². The molecule has 5 heteroatoms. The summed E-state index contributed by atoms with van der Waals surface area (Å²) in [7, 11) is 0. The lowest BCUT2D eigenvalue weighted by molar-refractivity contribution is 0.120. The maximum Gasteiger partial charge on any atom is 0.226 e. The molecule has 0 aliphatic carbocycles. The largest absolute Gasteiger partial charge is 0.441 e. The van der Waals surface area contributed by atoms with E-state index in [0.717, 1.165) is 62.0 Å². The lowest BCUT2D eigenvalue weighted by Gasteiger charge is -2.34. The predicted molar refractivity (Wildman–Crippen MR) is 101 cm³/mol. The van der Waals surface area contributed by atoms with E-state index < -0.39 is 0 Å². The van der Waals surface area contributed by atoms with Crippen molar-refractivity contribution in [3.05, 3.63) is 71.9 Å². The lowest BCUT2D eigenvalue weighted by atomic mass is 10.2. The van der Waals surface area contributed by atoms with Crippen LogP contribution in [-0.4, -0.2) is 45.9 Å². The minimum absolute atomic E-state index is 0.715. The van der Waals surface area contributed by atoms with Crippen molar-refractivity contribution in [1.82, 2.24) is 19.8 Å². The van der Waals surface area contributed by atoms with Crippen LogP contribution in [0.25, 0.3) is 11.5 Å². The Bertz CT molecular complexity index is 824. The van der Waals surface area contributed by atoms with Crippen LogP contribution < -0.4 is 0 Å². The maximum absolute atomic E-state index is 5.89. The molecule has 3 heterocycles. The molecule has 1 saturated heterocycles. The van der Waals surface area contributed by atoms with Crippen LogP contribution >= 0.6 is 0 Å². The Balaban J connectivity index is 1.34. The van der Waals surface area contributed by atoms with Crippen LogP contribution in [0.1, 0.15) is 17.1 Å². The van der Waals surface area contributed by atoms with Gasteiger partial charge in [-0.05, 0) is 31.2 Å². The van der Waals surface area contributed by atoms with Gasteiger partial charge in [0.2, 0.25) is 5.89 Å². The zero-order valence-electron chi connectivity index (χ0n) is 15.1. The minimum atomic E-state index is 0.715. The first kappa shape index (κ1) is 16.9. The fraction of sp³-hybridized carbons (Fsp3) is 0.333. The van der Waals surface area contributed by atoms with Gasteiger partial charge < -0.3 is 4.42 Å². The molecule has 0 unspecified atom stereocenters. The van der Waals surface area contributed by atoms with E-state index in [-0.39, 0.29) is 0 Å². The summed E-state index contributed by atoms with van der Waals surface area (Å²) in [5.41, 5.74) is 3.21. The highest BCUT2D eigenvalue weighted by Crippen LogP contribution is 2.22. The number of pyridine rings is 1. The van der Waals surface area contributed by atoms with Gasteiger partial charge >= 0.3 is 0 Å². The molecule has 0 bridgehead atoms. The first-order valence-electron chi connectivity index (χ1n) is 9.14. The summed E-state index contributed by atoms with van der Waals surface area (Å²) in [6.07, 6.45) is 1.86. The summed E-state index contributed by atoms with van der Waals surface area (Å²) in [4.78, 5) is 14.1. The van der Waals surface area contributed by atoms with Crippen LogP contribution in [0.3, 0.4) is 0 Å². The summed E-state index contributed by atoms with van der Waals surface area (Å²) >= 11 is 0. The smallest absolute Gasteiger partial charge is 0.226 e. The Morgan fingerprint density at radius 2 is 1.58 bits per heavy atom. The molecule has 0 saturated carbocycles. The van der Waals surface area contributed by atoms with Gasteiger partial charge in [0.05, 0.1) is 11.4 Å². The molecule has 0 spiro atoms. The predicted octanol–water partition coefficient (Wildman–Crippen LogP) is 3.36. The third-order valence-corrected chi connectivity index (χ3v) is 4.86. The molecule has 0 amide bonds. The maximum atomic E-state index is 5.89. The van der Waals surface area contributed by atoms with E-state index >= 15 is 0 Å². The second-order valence-electron chi connectivity index (χ2n) is 6.76. The van der Waals surface area contributed by atoms with E-state index in [2.05, 4.69) is 26.9 Å². The monoisotopic (exact) mass is 348 g/mol. The quantitative estimate of drug-likeness (QED) is 0.707. The molecule has 134 valence electrons. The molecule has 1 aliphatic rings. The van der Waals surface area contributed by atoms with Crippen molar-refractivity contribution >= 4 is 0 Å². The summed E-state index contributed by atoms with van der Waals surface area (Å²) < 4.78 is 5.89. The SMILES string of the molecule is Cc1oc(-c2ccccc2)nc1CN1CCN(Cc2ccccn2)CC1. The minimum Gasteiger partial charge on any atom is -0.441 e. The number of nitrogens with zero attached hydrogens (tertiary/aromatic N) is 4. The molecule has 26 heavy (non-hydrogen) atoms. The molecule has 3 aromatic rings. The highest BCUT2D eigenvalue weighted by molar-refractivity contribution is 5.53. The van der Waals surface area contributed by atoms with E-state index in [1.54, 1.807) is 0 Å². The Morgan fingerprint density at radius 3 is 2.27 bits per heavy atom. The van der Waals surface area contributed by atoms with Crippen LogP contribution in [0, 0.1) is 6.92 Å². The lowest BCUT2D eigenvalue weighted by Crippen LogP contribution is -2.45. The van der Waals surface area contributed by atoms with Crippen molar-refractivity contribution in [2.75, 3.05) is 26.2 Å². The first-order valence-corrected chi connectivity index (χ1v) is 9.14. The molecule has 1 aliphatic heterocycles. The molecule has 1 aromatic carbocycles. The average molecular weight is 348 g/mol. The third kappa shape index (κ3) is 4.00. The number of aromatic nitrogens is 2. The number of rotatable bonds is 5. The fourth-order valence-electron chi connectivity index (χ4n) is 3.32. The van der Waals surface area contributed by atoms with Crippen molar-refractivity contribution in [2.24, 2.45) is 0 Å². The molecule has 5 nitrogen and oxygen atoms in total. The van der Waals surface area contributed by atoms with Crippen molar-refractivity contribution in [3.63, 3.8) is 0 Å². The van der Waals surface area contributed by atoms with Gasteiger partial charge in [0.1, 0.15) is 5.76 Å². The van der Waals surface area contributed by atoms with E-state index in [0.29, 0.717) is 5.89 Å². The normalized spacial score (nSPS) is 16.0. The van der Waals surface area contributed by atoms with Gasteiger partial charge in [0.25, 0.3) is 0 Å². The van der Waals surface area contributed by atoms with Crippen LogP contribution in [0.5, 0.6) is 0 Å². The Kier molecular flexibility index (Phi) is 5.09. The van der Waals surface area contributed by atoms with Crippen molar-refractivity contribution in [2.45, 2.75) is 20.0 Å². The summed E-state index contributed by atoms with van der Waals surface area (Å²) in [6.45, 7) is 7.97. The molecule has 4 rings (SSSR count). The molecule has 1 fully saturated rings. The molecule has 0 N–H and O–H groups in total. The Hall–Kier alpha value is -2.50. The number of piperazine rings is 1. The van der Waals surface area contributed by atoms with E-state index in [1.165, 1.54) is 0 Å². The summed E-state index contributed by atoms with van der Waals surface area (Å²) in [5, 5.41) is 0. The molecule has 2 aromatic heterocycles. The van der Waals surface area contributed by atoms with Gasteiger partial charge in [-0.3, -0.25) is 14.8 Å². The average Bonchev–Trinajstić information content (AvgIpc) is 3.05. The van der Waals surface area contributed by atoms with Gasteiger partial charge in [-0.15, -0.1) is 0 Å². The summed E-state index contributed by atoms with van der Waals surface area (Å²) in [5.74, 6) is 1.63. The zero-order chi connectivity index (χ0) is 17.8. The number of oxazole rings is 1. The van der Waals surface area contributed by atoms with Crippen LogP contribution in [0.2, 0.25) is 0 Å². The van der Waals surface area contributed by atoms with Crippen LogP contribution in [0.4, 0.5) is 0 Å². The standard InChI is InChI=1S/C21H24N4O/c1-17-20(23-21(26-17)18-7-3-2-4-8-18)16-25-13-11-24(12-14-25)15-19-9-5-6-10-22-19/h2-10H,11-16H2,1H3. The number of aryl methyl sites for hydroxylation is 1. The zero-order valence-corrected chi connectivity index (χ0v) is 15.1. The highest BCUT2D eigenvalue weighted by atomic mass is 16.4. The topological polar surface area (TPSA) is 45.4 Å². The fourth-order valence-corrected chi connectivity index (χ4v) is 3.32. The van der Waals surface area contributed by atoms with Crippen LogP contribution in [-0.2, 0) is 13.1 Å². The third-order valence-electron chi connectivity index (χ3n) is 4.86. The second kappa shape index (κ2) is 7.81. The molecule has 0 atom stereocenters.